The van der Waals surface area contributed by atoms with E-state index < -0.39 is 5.82 Å². The van der Waals surface area contributed by atoms with E-state index in [0.717, 1.165) is 68.4 Å². The summed E-state index contributed by atoms with van der Waals surface area (Å²) < 4.78 is 32.8. The van der Waals surface area contributed by atoms with Crippen LogP contribution in [0.1, 0.15) is 33.7 Å². The second-order valence-electron chi connectivity index (χ2n) is 11.2. The largest absolute Gasteiger partial charge is 0.465 e. The molecule has 11 nitrogen and oxygen atoms in total. The molecule has 0 amide bonds. The number of anilines is 1. The van der Waals surface area contributed by atoms with Crippen molar-refractivity contribution in [3.8, 4) is 12.1 Å². The number of halogens is 1. The van der Waals surface area contributed by atoms with Gasteiger partial charge in [0.1, 0.15) is 24.1 Å². The molecule has 2 aromatic carbocycles. The number of methoxy groups -OCH3 is 1. The summed E-state index contributed by atoms with van der Waals surface area (Å²) in [6.07, 6.45) is 2.84. The summed E-state index contributed by atoms with van der Waals surface area (Å²) in [6.45, 7) is 5.32. The number of rotatable bonds is 9. The van der Waals surface area contributed by atoms with Gasteiger partial charge in [-0.15, -0.1) is 0 Å². The van der Waals surface area contributed by atoms with E-state index in [-0.39, 0.29) is 30.3 Å². The van der Waals surface area contributed by atoms with Crippen molar-refractivity contribution < 1.29 is 23.4 Å². The van der Waals surface area contributed by atoms with Crippen LogP contribution in [0.25, 0.3) is 11.0 Å². The fourth-order valence-electron chi connectivity index (χ4n) is 5.97. The maximum atomic E-state index is 14.3. The molecule has 1 atom stereocenters. The Labute approximate surface area is 253 Å². The van der Waals surface area contributed by atoms with Gasteiger partial charge in [-0.3, -0.25) is 4.90 Å². The van der Waals surface area contributed by atoms with E-state index in [2.05, 4.69) is 24.3 Å². The maximum absolute atomic E-state index is 14.3. The summed E-state index contributed by atoms with van der Waals surface area (Å²) in [6, 6.07) is 13.7. The standard InChI is InChI=1S/C32H30FN7O4/c1-42-31(41)21-4-5-28-27(11-21)36-30(40(28)17-25-7-9-43-25)18-38-13-23-15-39(16-24(23)14-38)29-6-8-35-32(37-29)44-19-22-3-2-20(12-34)10-26(22)33/h2-6,8,10-11,25H,7,9,13-19H2,1H3/t25-/m0/s1. The van der Waals surface area contributed by atoms with Crippen molar-refractivity contribution in [2.24, 2.45) is 0 Å². The van der Waals surface area contributed by atoms with Crippen LogP contribution in [0.5, 0.6) is 6.01 Å². The number of nitrogens with zero attached hydrogens (tertiary/aromatic N) is 7. The van der Waals surface area contributed by atoms with Crippen LogP contribution in [0.2, 0.25) is 0 Å². The Morgan fingerprint density at radius 2 is 1.93 bits per heavy atom. The molecule has 12 heteroatoms. The van der Waals surface area contributed by atoms with Crippen LogP contribution in [0, 0.1) is 17.1 Å². The van der Waals surface area contributed by atoms with Crippen LogP contribution in [0.4, 0.5) is 10.2 Å². The minimum atomic E-state index is -0.497. The third-order valence-electron chi connectivity index (χ3n) is 8.37. The second kappa shape index (κ2) is 11.7. The molecule has 0 saturated carbocycles. The molecule has 3 aliphatic rings. The number of hydrogen-bond donors (Lipinski definition) is 0. The van der Waals surface area contributed by atoms with E-state index in [1.165, 1.54) is 30.4 Å². The number of ether oxygens (including phenoxy) is 3. The molecule has 0 aliphatic carbocycles. The number of carbonyl (C=O) groups is 1. The molecular weight excluding hydrogens is 565 g/mol. The van der Waals surface area contributed by atoms with Crippen molar-refractivity contribution >= 4 is 22.8 Å². The molecule has 1 saturated heterocycles. The highest BCUT2D eigenvalue weighted by atomic mass is 19.1. The van der Waals surface area contributed by atoms with Gasteiger partial charge in [-0.25, -0.2) is 19.2 Å². The normalized spacial score (nSPS) is 17.9. The van der Waals surface area contributed by atoms with Gasteiger partial charge in [0.05, 0.1) is 54.5 Å². The first-order chi connectivity index (χ1) is 21.5. The van der Waals surface area contributed by atoms with E-state index in [0.29, 0.717) is 17.7 Å². The lowest BCUT2D eigenvalue weighted by Crippen LogP contribution is -2.33. The second-order valence-corrected chi connectivity index (χ2v) is 11.2. The predicted molar refractivity (Wildman–Crippen MR) is 157 cm³/mol. The highest BCUT2D eigenvalue weighted by Crippen LogP contribution is 2.31. The summed E-state index contributed by atoms with van der Waals surface area (Å²) in [4.78, 5) is 30.4. The van der Waals surface area contributed by atoms with Gasteiger partial charge in [0.15, 0.2) is 0 Å². The van der Waals surface area contributed by atoms with Gasteiger partial charge in [0.2, 0.25) is 0 Å². The molecular formula is C32H30FN7O4. The molecule has 0 unspecified atom stereocenters. The molecule has 3 aliphatic heterocycles. The quantitative estimate of drug-likeness (QED) is 0.210. The fraction of sp³-hybridized carbons (Fsp3) is 0.344. The Morgan fingerprint density at radius 3 is 2.64 bits per heavy atom. The molecule has 0 radical (unpaired) electrons. The lowest BCUT2D eigenvalue weighted by molar-refractivity contribution is -0.0591. The van der Waals surface area contributed by atoms with Gasteiger partial charge in [-0.2, -0.15) is 10.2 Å². The van der Waals surface area contributed by atoms with Crippen LogP contribution in [0.15, 0.2) is 59.8 Å². The first kappa shape index (κ1) is 27.9. The Hall–Kier alpha value is -4.86. The minimum Gasteiger partial charge on any atom is -0.465 e. The zero-order chi connectivity index (χ0) is 30.2. The van der Waals surface area contributed by atoms with Crippen LogP contribution < -0.4 is 9.64 Å². The summed E-state index contributed by atoms with van der Waals surface area (Å²) in [5.74, 6) is 0.826. The van der Waals surface area contributed by atoms with Gasteiger partial charge in [0.25, 0.3) is 0 Å². The molecule has 5 heterocycles. The average molecular weight is 596 g/mol. The van der Waals surface area contributed by atoms with E-state index >= 15 is 0 Å². The lowest BCUT2D eigenvalue weighted by Gasteiger charge is -2.28. The van der Waals surface area contributed by atoms with Crippen molar-refractivity contribution in [1.82, 2.24) is 24.4 Å². The maximum Gasteiger partial charge on any atom is 0.337 e. The molecule has 44 heavy (non-hydrogen) atoms. The van der Waals surface area contributed by atoms with E-state index in [9.17, 15) is 9.18 Å². The highest BCUT2D eigenvalue weighted by molar-refractivity contribution is 5.93. The average Bonchev–Trinajstić information content (AvgIpc) is 3.69. The molecule has 0 bridgehead atoms. The molecule has 1 fully saturated rings. The number of hydrogen-bond acceptors (Lipinski definition) is 10. The van der Waals surface area contributed by atoms with Crippen LogP contribution in [-0.4, -0.2) is 76.4 Å². The number of fused-ring (bicyclic) bond motifs is 1. The Kier molecular flexibility index (Phi) is 7.41. The van der Waals surface area contributed by atoms with Gasteiger partial charge < -0.3 is 23.7 Å². The van der Waals surface area contributed by atoms with Crippen LogP contribution in [0.3, 0.4) is 0 Å². The number of benzene rings is 2. The SMILES string of the molecule is COC(=O)c1ccc2c(c1)nc(CN1CC3=C(C1)CN(c1ccnc(OCc4ccc(C#N)cc4F)n1)C3)n2C[C@@H]1CCO1. The smallest absolute Gasteiger partial charge is 0.337 e. The minimum absolute atomic E-state index is 0.0354. The molecule has 0 spiro atoms. The number of carbonyl (C=O) groups excluding carboxylic acids is 1. The monoisotopic (exact) mass is 595 g/mol. The van der Waals surface area contributed by atoms with Crippen molar-refractivity contribution in [3.05, 3.63) is 88.1 Å². The summed E-state index contributed by atoms with van der Waals surface area (Å²) in [5, 5.41) is 8.94. The first-order valence-corrected chi connectivity index (χ1v) is 14.5. The van der Waals surface area contributed by atoms with Crippen molar-refractivity contribution in [1.29, 1.82) is 5.26 Å². The van der Waals surface area contributed by atoms with E-state index in [4.69, 9.17) is 24.5 Å². The third kappa shape index (κ3) is 5.47. The molecule has 7 rings (SSSR count). The number of imidazole rings is 1. The third-order valence-corrected chi connectivity index (χ3v) is 8.37. The zero-order valence-electron chi connectivity index (χ0n) is 24.2. The van der Waals surface area contributed by atoms with Crippen LogP contribution in [-0.2, 0) is 29.2 Å². The lowest BCUT2D eigenvalue weighted by atomic mass is 10.1. The van der Waals surface area contributed by atoms with Gasteiger partial charge in [-0.1, -0.05) is 6.07 Å². The Balaban J connectivity index is 1.00. The zero-order valence-corrected chi connectivity index (χ0v) is 24.2. The van der Waals surface area contributed by atoms with Gasteiger partial charge >= 0.3 is 12.0 Å². The topological polar surface area (TPSA) is 119 Å². The number of nitriles is 1. The highest BCUT2D eigenvalue weighted by Gasteiger charge is 2.32. The molecule has 2 aromatic heterocycles. The van der Waals surface area contributed by atoms with Gasteiger partial charge in [-0.05, 0) is 54.0 Å². The summed E-state index contributed by atoms with van der Waals surface area (Å²) in [5.41, 5.74) is 5.56. The molecule has 0 N–H and O–H groups in total. The Bertz CT molecular complexity index is 1810. The fourth-order valence-corrected chi connectivity index (χ4v) is 5.97. The Morgan fingerprint density at radius 1 is 1.11 bits per heavy atom. The van der Waals surface area contributed by atoms with E-state index in [1.54, 1.807) is 24.4 Å². The predicted octanol–water partition coefficient (Wildman–Crippen LogP) is 3.62. The first-order valence-electron chi connectivity index (χ1n) is 14.5. The van der Waals surface area contributed by atoms with Crippen molar-refractivity contribution in [2.75, 3.05) is 44.8 Å². The summed E-state index contributed by atoms with van der Waals surface area (Å²) in [7, 11) is 1.38. The molecule has 4 aromatic rings. The molecule has 224 valence electrons. The number of esters is 1. The number of aromatic nitrogens is 4. The van der Waals surface area contributed by atoms with Crippen molar-refractivity contribution in [3.63, 3.8) is 0 Å². The van der Waals surface area contributed by atoms with Crippen molar-refractivity contribution in [2.45, 2.75) is 32.2 Å². The summed E-state index contributed by atoms with van der Waals surface area (Å²) >= 11 is 0. The van der Waals surface area contributed by atoms with E-state index in [1.807, 2.05) is 18.2 Å². The van der Waals surface area contributed by atoms with Crippen LogP contribution >= 0.6 is 0 Å². The van der Waals surface area contributed by atoms with Gasteiger partial charge in [0, 0.05) is 44.5 Å².